The smallest absolute Gasteiger partial charge is 0.253 e. The second-order valence-electron chi connectivity index (χ2n) is 9.12. The number of likely N-dealkylation sites (N-methyl/N-ethyl adjacent to an activating group) is 1. The summed E-state index contributed by atoms with van der Waals surface area (Å²) in [7, 11) is 2.15. The van der Waals surface area contributed by atoms with Crippen molar-refractivity contribution in [2.24, 2.45) is 0 Å². The molecule has 3 aromatic heterocycles. The lowest BCUT2D eigenvalue weighted by atomic mass is 10.1. The van der Waals surface area contributed by atoms with Crippen LogP contribution >= 0.6 is 11.6 Å². The van der Waals surface area contributed by atoms with Crippen molar-refractivity contribution in [3.63, 3.8) is 0 Å². The topological polar surface area (TPSA) is 75.5 Å². The van der Waals surface area contributed by atoms with Crippen molar-refractivity contribution in [1.29, 1.82) is 0 Å². The molecule has 1 unspecified atom stereocenters. The van der Waals surface area contributed by atoms with Crippen LogP contribution in [0.1, 0.15) is 34.8 Å². The van der Waals surface area contributed by atoms with Gasteiger partial charge in [-0.1, -0.05) is 17.7 Å². The fourth-order valence-electron chi connectivity index (χ4n) is 5.13. The first-order valence-corrected chi connectivity index (χ1v) is 12.3. The number of carbonyl (C=O) groups excluding carboxylic acids is 1. The van der Waals surface area contributed by atoms with Gasteiger partial charge in [0.25, 0.3) is 5.91 Å². The average Bonchev–Trinajstić information content (AvgIpc) is 3.45. The van der Waals surface area contributed by atoms with Crippen molar-refractivity contribution >= 4 is 28.5 Å². The third-order valence-corrected chi connectivity index (χ3v) is 7.36. The predicted molar refractivity (Wildman–Crippen MR) is 132 cm³/mol. The number of amides is 1. The van der Waals surface area contributed by atoms with Crippen LogP contribution in [0.15, 0.2) is 43.0 Å². The van der Waals surface area contributed by atoms with Crippen LogP contribution in [0.4, 0.5) is 0 Å². The molecule has 5 heterocycles. The Morgan fingerprint density at radius 1 is 1.26 bits per heavy atom. The van der Waals surface area contributed by atoms with Crippen LogP contribution in [-0.2, 0) is 11.3 Å². The molecule has 0 spiro atoms. The minimum Gasteiger partial charge on any atom is -0.379 e. The molecule has 180 valence electrons. The molecule has 0 radical (unpaired) electrons. The van der Waals surface area contributed by atoms with Crippen molar-refractivity contribution in [1.82, 2.24) is 29.7 Å². The zero-order valence-electron chi connectivity index (χ0n) is 19.5. The zero-order valence-corrected chi connectivity index (χ0v) is 20.2. The summed E-state index contributed by atoms with van der Waals surface area (Å²) in [6.45, 7) is 5.38. The molecule has 9 heteroatoms. The van der Waals surface area contributed by atoms with E-state index in [0.29, 0.717) is 41.8 Å². The summed E-state index contributed by atoms with van der Waals surface area (Å²) in [5.41, 5.74) is 2.41. The fourth-order valence-corrected chi connectivity index (χ4v) is 5.37. The lowest BCUT2D eigenvalue weighted by Crippen LogP contribution is -2.43. The summed E-state index contributed by atoms with van der Waals surface area (Å²) >= 11 is 6.57. The van der Waals surface area contributed by atoms with E-state index >= 15 is 0 Å². The highest BCUT2D eigenvalue weighted by molar-refractivity contribution is 6.36. The molecule has 2 atom stereocenters. The van der Waals surface area contributed by atoms with E-state index in [1.165, 1.54) is 6.42 Å². The summed E-state index contributed by atoms with van der Waals surface area (Å²) < 4.78 is 7.62. The van der Waals surface area contributed by atoms with Crippen LogP contribution in [0.5, 0.6) is 0 Å². The summed E-state index contributed by atoms with van der Waals surface area (Å²) in [6.07, 6.45) is 9.60. The zero-order chi connectivity index (χ0) is 23.5. The quantitative estimate of drug-likeness (QED) is 0.558. The van der Waals surface area contributed by atoms with Gasteiger partial charge in [-0.05, 0) is 44.1 Å². The number of hydrogen-bond donors (Lipinski definition) is 1. The van der Waals surface area contributed by atoms with Gasteiger partial charge < -0.3 is 19.5 Å². The summed E-state index contributed by atoms with van der Waals surface area (Å²) in [6, 6.07) is 6.20. The van der Waals surface area contributed by atoms with Gasteiger partial charge >= 0.3 is 0 Å². The second kappa shape index (κ2) is 10.4. The van der Waals surface area contributed by atoms with E-state index in [0.717, 1.165) is 43.8 Å². The number of nitrogens with one attached hydrogen (secondary N) is 1. The maximum Gasteiger partial charge on any atom is 0.253 e. The highest BCUT2D eigenvalue weighted by Crippen LogP contribution is 2.29. The number of pyridine rings is 2. The number of morpholine rings is 1. The molecular formula is C25H31ClN6O2. The van der Waals surface area contributed by atoms with Crippen LogP contribution < -0.4 is 5.32 Å². The van der Waals surface area contributed by atoms with Crippen molar-refractivity contribution < 1.29 is 9.53 Å². The molecular weight excluding hydrogens is 452 g/mol. The van der Waals surface area contributed by atoms with E-state index in [4.69, 9.17) is 16.3 Å². The average molecular weight is 483 g/mol. The predicted octanol–water partition coefficient (Wildman–Crippen LogP) is 2.98. The van der Waals surface area contributed by atoms with Gasteiger partial charge in [-0.2, -0.15) is 0 Å². The Morgan fingerprint density at radius 3 is 2.85 bits per heavy atom. The van der Waals surface area contributed by atoms with Gasteiger partial charge in [0.2, 0.25) is 0 Å². The summed E-state index contributed by atoms with van der Waals surface area (Å²) in [5, 5.41) is 4.43. The minimum absolute atomic E-state index is 0.0237. The lowest BCUT2D eigenvalue weighted by molar-refractivity contribution is 0.0161. The van der Waals surface area contributed by atoms with Gasteiger partial charge in [0.05, 0.1) is 35.2 Å². The molecule has 8 nitrogen and oxygen atoms in total. The Kier molecular flexibility index (Phi) is 7.10. The summed E-state index contributed by atoms with van der Waals surface area (Å²) in [5.74, 6) is -0.138. The number of rotatable bonds is 7. The van der Waals surface area contributed by atoms with Gasteiger partial charge in [-0.15, -0.1) is 0 Å². The van der Waals surface area contributed by atoms with Crippen molar-refractivity contribution in [3.05, 3.63) is 59.1 Å². The maximum absolute atomic E-state index is 13.5. The third kappa shape index (κ3) is 4.81. The molecule has 0 aromatic carbocycles. The highest BCUT2D eigenvalue weighted by atomic mass is 35.5. The molecule has 0 bridgehead atoms. The number of aromatic nitrogens is 3. The number of likely N-dealkylation sites (tertiary alicyclic amines) is 1. The monoisotopic (exact) mass is 482 g/mol. The molecule has 1 N–H and O–H groups in total. The molecule has 2 aliphatic heterocycles. The molecule has 2 fully saturated rings. The SMILES string of the molecule is CN1CCC[C@H]1Cn1cc(C(=O)NCC(c2cccnc2)N2CCOCC2)c2c(Cl)ccnc21. The molecule has 34 heavy (non-hydrogen) atoms. The van der Waals surface area contributed by atoms with E-state index in [-0.39, 0.29) is 11.9 Å². The van der Waals surface area contributed by atoms with Crippen LogP contribution in [-0.4, -0.2) is 82.7 Å². The largest absolute Gasteiger partial charge is 0.379 e. The molecule has 3 aromatic rings. The second-order valence-corrected chi connectivity index (χ2v) is 9.53. The normalized spacial score (nSPS) is 20.6. The van der Waals surface area contributed by atoms with Gasteiger partial charge in [0.15, 0.2) is 0 Å². The van der Waals surface area contributed by atoms with Crippen molar-refractivity contribution in [2.75, 3.05) is 46.4 Å². The highest BCUT2D eigenvalue weighted by Gasteiger charge is 2.27. The van der Waals surface area contributed by atoms with E-state index in [1.807, 2.05) is 18.5 Å². The Bertz CT molecular complexity index is 1130. The van der Waals surface area contributed by atoms with Gasteiger partial charge in [-0.3, -0.25) is 14.7 Å². The molecule has 2 aliphatic rings. The van der Waals surface area contributed by atoms with E-state index < -0.39 is 0 Å². The van der Waals surface area contributed by atoms with Crippen molar-refractivity contribution in [2.45, 2.75) is 31.5 Å². The van der Waals surface area contributed by atoms with Gasteiger partial charge in [-0.25, -0.2) is 4.98 Å². The number of halogens is 1. The Morgan fingerprint density at radius 2 is 2.12 bits per heavy atom. The Hall–Kier alpha value is -2.52. The van der Waals surface area contributed by atoms with E-state index in [2.05, 4.69) is 42.8 Å². The number of carbonyl (C=O) groups is 1. The first kappa shape index (κ1) is 23.2. The maximum atomic E-state index is 13.5. The lowest BCUT2D eigenvalue weighted by Gasteiger charge is -2.34. The summed E-state index contributed by atoms with van der Waals surface area (Å²) in [4.78, 5) is 27.0. The number of fused-ring (bicyclic) bond motifs is 1. The fraction of sp³-hybridized carbons (Fsp3) is 0.480. The molecule has 1 amide bonds. The Balaban J connectivity index is 1.39. The molecule has 0 aliphatic carbocycles. The standard InChI is InChI=1S/C25H31ClN6O2/c1-30-9-3-5-19(30)16-32-17-20(23-21(26)6-8-28-24(23)32)25(33)29-15-22(18-4-2-7-27-14-18)31-10-12-34-13-11-31/h2,4,6-8,14,17,19,22H,3,5,9-13,15-16H2,1H3,(H,29,33)/t19-,22?/m0/s1. The third-order valence-electron chi connectivity index (χ3n) is 7.04. The first-order chi connectivity index (χ1) is 16.6. The van der Waals surface area contributed by atoms with E-state index in [1.54, 1.807) is 18.5 Å². The van der Waals surface area contributed by atoms with Crippen LogP contribution in [0.3, 0.4) is 0 Å². The van der Waals surface area contributed by atoms with Crippen LogP contribution in [0.25, 0.3) is 11.0 Å². The molecule has 0 saturated carbocycles. The number of ether oxygens (including phenoxy) is 1. The van der Waals surface area contributed by atoms with Gasteiger partial charge in [0, 0.05) is 57.0 Å². The van der Waals surface area contributed by atoms with Crippen LogP contribution in [0, 0.1) is 0 Å². The van der Waals surface area contributed by atoms with Crippen LogP contribution in [0.2, 0.25) is 5.02 Å². The molecule has 2 saturated heterocycles. The number of nitrogens with zero attached hydrogens (tertiary/aromatic N) is 5. The minimum atomic E-state index is -0.138. The first-order valence-electron chi connectivity index (χ1n) is 12.0. The number of hydrogen-bond acceptors (Lipinski definition) is 6. The Labute approximate surface area is 204 Å². The van der Waals surface area contributed by atoms with E-state index in [9.17, 15) is 4.79 Å². The molecule has 5 rings (SSSR count). The van der Waals surface area contributed by atoms with Crippen molar-refractivity contribution in [3.8, 4) is 0 Å². The van der Waals surface area contributed by atoms with Gasteiger partial charge in [0.1, 0.15) is 5.65 Å².